The average molecular weight is 417 g/mol. The van der Waals surface area contributed by atoms with Crippen molar-refractivity contribution in [2.75, 3.05) is 11.9 Å². The number of aromatic amines is 1. The Morgan fingerprint density at radius 2 is 1.80 bits per heavy atom. The number of H-pyrrole nitrogens is 1. The topological polar surface area (TPSA) is 62.1 Å². The number of hydrogen-bond donors (Lipinski definition) is 1. The van der Waals surface area contributed by atoms with Gasteiger partial charge in [0.25, 0.3) is 5.65 Å². The van der Waals surface area contributed by atoms with Crippen LogP contribution in [0.15, 0.2) is 83.7 Å². The summed E-state index contributed by atoms with van der Waals surface area (Å²) in [6.45, 7) is 0.654. The molecule has 30 heavy (non-hydrogen) atoms. The molecular weight excluding hydrogens is 398 g/mol. The first-order valence-electron chi connectivity index (χ1n) is 9.55. The van der Waals surface area contributed by atoms with Gasteiger partial charge in [-0.05, 0) is 29.8 Å². The van der Waals surface area contributed by atoms with Gasteiger partial charge in [0.1, 0.15) is 18.6 Å². The molecule has 0 saturated heterocycles. The molecule has 0 amide bonds. The molecule has 0 radical (unpaired) electrons. The van der Waals surface area contributed by atoms with Crippen molar-refractivity contribution in [3.63, 3.8) is 0 Å². The molecule has 3 aromatic heterocycles. The quantitative estimate of drug-likeness (QED) is 0.419. The molecule has 0 atom stereocenters. The van der Waals surface area contributed by atoms with E-state index in [2.05, 4.69) is 27.4 Å². The molecule has 7 heteroatoms. The molecule has 0 aliphatic carbocycles. The summed E-state index contributed by atoms with van der Waals surface area (Å²) in [5.41, 5.74) is 5.08. The van der Waals surface area contributed by atoms with E-state index in [9.17, 15) is 0 Å². The zero-order valence-corrected chi connectivity index (χ0v) is 17.0. The number of anilines is 1. The van der Waals surface area contributed by atoms with Crippen molar-refractivity contribution in [3.05, 3.63) is 89.8 Å². The van der Waals surface area contributed by atoms with Gasteiger partial charge in [-0.2, -0.15) is 0 Å². The molecule has 5 aromatic rings. The van der Waals surface area contributed by atoms with Crippen molar-refractivity contribution in [1.82, 2.24) is 15.2 Å². The number of nitrogens with one attached hydrogen (secondary N) is 1. The van der Waals surface area contributed by atoms with Crippen molar-refractivity contribution in [2.24, 2.45) is 0 Å². The van der Waals surface area contributed by atoms with Crippen LogP contribution >= 0.6 is 11.6 Å². The van der Waals surface area contributed by atoms with Crippen molar-refractivity contribution >= 4 is 23.3 Å². The van der Waals surface area contributed by atoms with E-state index >= 15 is 0 Å². The minimum atomic E-state index is 0.472. The summed E-state index contributed by atoms with van der Waals surface area (Å²) in [4.78, 5) is 5.11. The normalized spacial score (nSPS) is 11.1. The van der Waals surface area contributed by atoms with Gasteiger partial charge >= 0.3 is 6.01 Å². The Kier molecular flexibility index (Phi) is 4.69. The van der Waals surface area contributed by atoms with Crippen molar-refractivity contribution in [2.45, 2.75) is 6.54 Å². The van der Waals surface area contributed by atoms with Gasteiger partial charge < -0.3 is 9.32 Å². The Bertz CT molecular complexity index is 1310. The van der Waals surface area contributed by atoms with E-state index in [1.54, 1.807) is 0 Å². The SMILES string of the molecule is CN(Cc1ccc2[nH]cc[n+]2c1)c1nnc(-c2ccc(-c3ccccc3Cl)cc2)o1. The summed E-state index contributed by atoms with van der Waals surface area (Å²) in [6.07, 6.45) is 5.97. The van der Waals surface area contributed by atoms with Gasteiger partial charge in [-0.25, -0.2) is 9.38 Å². The highest BCUT2D eigenvalue weighted by Gasteiger charge is 2.14. The van der Waals surface area contributed by atoms with Gasteiger partial charge in [-0.15, -0.1) is 5.10 Å². The summed E-state index contributed by atoms with van der Waals surface area (Å²) in [5, 5.41) is 9.15. The van der Waals surface area contributed by atoms with Crippen molar-refractivity contribution in [3.8, 4) is 22.6 Å². The number of benzene rings is 2. The van der Waals surface area contributed by atoms with Crippen LogP contribution in [0.4, 0.5) is 6.01 Å². The summed E-state index contributed by atoms with van der Waals surface area (Å²) in [5.74, 6) is 0.484. The van der Waals surface area contributed by atoms with Gasteiger partial charge in [-0.1, -0.05) is 47.0 Å². The van der Waals surface area contributed by atoms with E-state index in [0.717, 1.165) is 32.9 Å². The number of aromatic nitrogens is 4. The summed E-state index contributed by atoms with van der Waals surface area (Å²) < 4.78 is 7.95. The fourth-order valence-electron chi connectivity index (χ4n) is 3.42. The molecule has 6 nitrogen and oxygen atoms in total. The third-order valence-electron chi connectivity index (χ3n) is 4.98. The lowest BCUT2D eigenvalue weighted by Crippen LogP contribution is -2.22. The van der Waals surface area contributed by atoms with Crippen LogP contribution in [-0.2, 0) is 6.54 Å². The first kappa shape index (κ1) is 18.4. The van der Waals surface area contributed by atoms with E-state index in [-0.39, 0.29) is 0 Å². The minimum Gasteiger partial charge on any atom is -0.403 e. The van der Waals surface area contributed by atoms with E-state index in [0.29, 0.717) is 18.5 Å². The van der Waals surface area contributed by atoms with Crippen LogP contribution in [-0.4, -0.2) is 22.2 Å². The van der Waals surface area contributed by atoms with Gasteiger partial charge in [0.2, 0.25) is 5.89 Å². The summed E-state index contributed by atoms with van der Waals surface area (Å²) in [7, 11) is 1.93. The number of halogens is 1. The Morgan fingerprint density at radius 1 is 1.00 bits per heavy atom. The molecule has 148 valence electrons. The number of fused-ring (bicyclic) bond motifs is 1. The largest absolute Gasteiger partial charge is 0.403 e. The van der Waals surface area contributed by atoms with E-state index in [1.165, 1.54) is 0 Å². The second-order valence-electron chi connectivity index (χ2n) is 7.09. The maximum Gasteiger partial charge on any atom is 0.318 e. The van der Waals surface area contributed by atoms with E-state index < -0.39 is 0 Å². The van der Waals surface area contributed by atoms with E-state index in [4.69, 9.17) is 16.0 Å². The van der Waals surface area contributed by atoms with Gasteiger partial charge in [0.15, 0.2) is 0 Å². The zero-order valence-electron chi connectivity index (χ0n) is 16.3. The zero-order chi connectivity index (χ0) is 20.5. The fraction of sp³-hybridized carbons (Fsp3) is 0.0870. The number of imidazole rings is 1. The van der Waals surface area contributed by atoms with Gasteiger partial charge in [-0.3, -0.25) is 0 Å². The Balaban J connectivity index is 1.33. The second kappa shape index (κ2) is 7.65. The van der Waals surface area contributed by atoms with E-state index in [1.807, 2.05) is 83.3 Å². The lowest BCUT2D eigenvalue weighted by molar-refractivity contribution is -0.510. The Hall–Kier alpha value is -3.64. The second-order valence-corrected chi connectivity index (χ2v) is 7.50. The highest BCUT2D eigenvalue weighted by atomic mass is 35.5. The summed E-state index contributed by atoms with van der Waals surface area (Å²) >= 11 is 6.30. The minimum absolute atomic E-state index is 0.472. The molecule has 0 spiro atoms. The smallest absolute Gasteiger partial charge is 0.318 e. The fourth-order valence-corrected chi connectivity index (χ4v) is 3.67. The van der Waals surface area contributed by atoms with Crippen LogP contribution in [0.25, 0.3) is 28.2 Å². The Labute approximate surface area is 178 Å². The lowest BCUT2D eigenvalue weighted by atomic mass is 10.0. The number of hydrogen-bond acceptors (Lipinski definition) is 4. The monoisotopic (exact) mass is 416 g/mol. The van der Waals surface area contributed by atoms with Gasteiger partial charge in [0.05, 0.1) is 6.54 Å². The maximum atomic E-state index is 6.30. The molecule has 0 unspecified atom stereocenters. The molecule has 0 bridgehead atoms. The first-order valence-corrected chi connectivity index (χ1v) is 9.92. The molecule has 1 N–H and O–H groups in total. The number of pyridine rings is 1. The standard InChI is InChI=1S/C23H18ClN5O/c1-28(14-16-6-11-21-25-12-13-29(21)15-16)23-27-26-22(30-23)18-9-7-17(8-10-18)19-4-2-3-5-20(19)24/h2-13,15H,14H2,1H3/p+1. The maximum absolute atomic E-state index is 6.30. The van der Waals surface area contributed by atoms with Crippen LogP contribution < -0.4 is 9.30 Å². The molecule has 0 aliphatic heterocycles. The van der Waals surface area contributed by atoms with Crippen LogP contribution in [0.3, 0.4) is 0 Å². The average Bonchev–Trinajstić information content (AvgIpc) is 3.44. The highest BCUT2D eigenvalue weighted by molar-refractivity contribution is 6.33. The third kappa shape index (κ3) is 3.53. The molecule has 5 rings (SSSR count). The molecular formula is C23H19ClN5O+. The van der Waals surface area contributed by atoms with Crippen LogP contribution in [0, 0.1) is 0 Å². The molecule has 3 heterocycles. The number of nitrogens with zero attached hydrogens (tertiary/aromatic N) is 4. The molecule has 0 saturated carbocycles. The summed E-state index contributed by atoms with van der Waals surface area (Å²) in [6, 6.07) is 20.3. The molecule has 0 aliphatic rings. The predicted molar refractivity (Wildman–Crippen MR) is 116 cm³/mol. The molecule has 0 fully saturated rings. The van der Waals surface area contributed by atoms with Crippen molar-refractivity contribution in [1.29, 1.82) is 0 Å². The molecule has 2 aromatic carbocycles. The third-order valence-corrected chi connectivity index (χ3v) is 5.31. The lowest BCUT2D eigenvalue weighted by Gasteiger charge is -2.12. The predicted octanol–water partition coefficient (Wildman–Crippen LogP) is 4.76. The van der Waals surface area contributed by atoms with Crippen molar-refractivity contribution < 1.29 is 8.82 Å². The number of rotatable bonds is 5. The first-order chi connectivity index (χ1) is 14.7. The highest BCUT2D eigenvalue weighted by Crippen LogP contribution is 2.30. The van der Waals surface area contributed by atoms with Crippen LogP contribution in [0.2, 0.25) is 5.02 Å². The van der Waals surface area contributed by atoms with Crippen LogP contribution in [0.1, 0.15) is 5.56 Å². The van der Waals surface area contributed by atoms with Gasteiger partial charge in [0, 0.05) is 34.8 Å². The van der Waals surface area contributed by atoms with Crippen LogP contribution in [0.5, 0.6) is 0 Å². The Morgan fingerprint density at radius 3 is 2.63 bits per heavy atom.